The molecule has 430 valence electrons. The maximum Gasteiger partial charge on any atom is 0.0619 e. The lowest BCUT2D eigenvalue weighted by Gasteiger charge is -2.30. The number of hydrogen-bond donors (Lipinski definition) is 0. The lowest BCUT2D eigenvalue weighted by Crippen LogP contribution is -2.12. The van der Waals surface area contributed by atoms with E-state index in [4.69, 9.17) is 0 Å². The second-order valence-corrected chi connectivity index (χ2v) is 24.0. The van der Waals surface area contributed by atoms with Gasteiger partial charge < -0.3 is 18.9 Å². The van der Waals surface area contributed by atoms with Crippen molar-refractivity contribution in [2.45, 2.75) is 0 Å². The summed E-state index contributed by atoms with van der Waals surface area (Å²) in [6.45, 7) is 0. The molecule has 92 heavy (non-hydrogen) atoms. The van der Waals surface area contributed by atoms with Gasteiger partial charge in [-0.3, -0.25) is 0 Å². The number of aromatic nitrogens is 2. The molecule has 0 unspecified atom stereocenters. The zero-order valence-electron chi connectivity index (χ0n) is 50.3. The summed E-state index contributed by atoms with van der Waals surface area (Å²) in [5.41, 5.74) is 20.3. The molecule has 0 spiro atoms. The van der Waals surface area contributed by atoms with E-state index in [1.54, 1.807) is 0 Å². The SMILES string of the molecule is c1ccc(-c2c(-c3ccccc3)n(-c3ccccc3)c3cc(N(c4ccc5ccccc5c4)c4ccc5ccc6c(N(c7ccc8ccccc8c7)c7ccc8c(-c9ccccc9)c(-c9ccccc9)n(-c9ccccc9)c8c7)ccc7ccc4c5c76)ccc23)cc1. The smallest absolute Gasteiger partial charge is 0.0619 e. The fraction of sp³-hybridized carbons (Fsp3) is 0. The topological polar surface area (TPSA) is 16.3 Å². The van der Waals surface area contributed by atoms with Gasteiger partial charge in [-0.15, -0.1) is 0 Å². The van der Waals surface area contributed by atoms with Gasteiger partial charge in [0.25, 0.3) is 0 Å². The molecule has 4 heteroatoms. The van der Waals surface area contributed by atoms with Crippen LogP contribution in [0.1, 0.15) is 0 Å². The molecule has 0 saturated heterocycles. The lowest BCUT2D eigenvalue weighted by molar-refractivity contribution is 1.13. The van der Waals surface area contributed by atoms with Crippen LogP contribution < -0.4 is 9.80 Å². The normalized spacial score (nSPS) is 11.7. The first kappa shape index (κ1) is 52.8. The van der Waals surface area contributed by atoms with Crippen molar-refractivity contribution in [2.24, 2.45) is 0 Å². The molecule has 0 bridgehead atoms. The Morgan fingerprint density at radius 2 is 0.500 bits per heavy atom. The Balaban J connectivity index is 0.885. The molecule has 0 radical (unpaired) electrons. The number of benzene rings is 16. The van der Waals surface area contributed by atoms with E-state index in [1.165, 1.54) is 86.9 Å². The molecule has 0 atom stereocenters. The fourth-order valence-corrected chi connectivity index (χ4v) is 14.7. The minimum absolute atomic E-state index is 1.06. The van der Waals surface area contributed by atoms with Gasteiger partial charge in [0.15, 0.2) is 0 Å². The molecule has 2 aromatic heterocycles. The molecule has 0 fully saturated rings. The van der Waals surface area contributed by atoms with Crippen LogP contribution in [0.25, 0.3) is 132 Å². The Labute approximate surface area is 533 Å². The Kier molecular flexibility index (Phi) is 12.5. The van der Waals surface area contributed by atoms with Crippen LogP contribution in [0.3, 0.4) is 0 Å². The van der Waals surface area contributed by atoms with Gasteiger partial charge in [0.05, 0.1) is 33.8 Å². The molecule has 0 aliphatic rings. The molecule has 18 aromatic rings. The summed E-state index contributed by atoms with van der Waals surface area (Å²) in [5, 5.41) is 14.3. The summed E-state index contributed by atoms with van der Waals surface area (Å²) in [7, 11) is 0. The third kappa shape index (κ3) is 8.68. The maximum absolute atomic E-state index is 2.50. The number of para-hydroxylation sites is 2. The van der Waals surface area contributed by atoms with Crippen LogP contribution >= 0.6 is 0 Å². The van der Waals surface area contributed by atoms with Gasteiger partial charge >= 0.3 is 0 Å². The van der Waals surface area contributed by atoms with Crippen molar-refractivity contribution >= 4 is 110 Å². The molecular formula is C88H58N4. The summed E-state index contributed by atoms with van der Waals surface area (Å²) in [6.07, 6.45) is 0. The van der Waals surface area contributed by atoms with Gasteiger partial charge in [0.2, 0.25) is 0 Å². The number of fused-ring (bicyclic) bond motifs is 4. The van der Waals surface area contributed by atoms with E-state index in [0.29, 0.717) is 0 Å². The third-order valence-electron chi connectivity index (χ3n) is 18.8. The van der Waals surface area contributed by atoms with Crippen LogP contribution in [0.2, 0.25) is 0 Å². The first-order valence-corrected chi connectivity index (χ1v) is 31.6. The molecule has 4 nitrogen and oxygen atoms in total. The minimum atomic E-state index is 1.06. The Morgan fingerprint density at radius 3 is 0.891 bits per heavy atom. The first-order valence-electron chi connectivity index (χ1n) is 31.6. The zero-order valence-corrected chi connectivity index (χ0v) is 50.3. The average molecular weight is 1170 g/mol. The van der Waals surface area contributed by atoms with Gasteiger partial charge in [-0.2, -0.15) is 0 Å². The van der Waals surface area contributed by atoms with Crippen LogP contribution in [0.4, 0.5) is 34.1 Å². The summed E-state index contributed by atoms with van der Waals surface area (Å²) in [4.78, 5) is 4.99. The van der Waals surface area contributed by atoms with Gasteiger partial charge in [-0.25, -0.2) is 0 Å². The van der Waals surface area contributed by atoms with E-state index in [2.05, 4.69) is 371 Å². The fourth-order valence-electron chi connectivity index (χ4n) is 14.7. The molecular weight excluding hydrogens is 1110 g/mol. The van der Waals surface area contributed by atoms with Crippen molar-refractivity contribution in [3.63, 3.8) is 0 Å². The zero-order chi connectivity index (χ0) is 60.6. The maximum atomic E-state index is 2.50. The Bertz CT molecular complexity index is 5440. The summed E-state index contributed by atoms with van der Waals surface area (Å²) in [6, 6.07) is 130. The quantitative estimate of drug-likeness (QED) is 0.113. The minimum Gasteiger partial charge on any atom is -0.310 e. The second kappa shape index (κ2) is 21.8. The van der Waals surface area contributed by atoms with E-state index in [1.807, 2.05) is 0 Å². The highest BCUT2D eigenvalue weighted by Crippen LogP contribution is 2.52. The van der Waals surface area contributed by atoms with E-state index in [9.17, 15) is 0 Å². The van der Waals surface area contributed by atoms with Crippen LogP contribution in [0.15, 0.2) is 352 Å². The summed E-state index contributed by atoms with van der Waals surface area (Å²) >= 11 is 0. The van der Waals surface area contributed by atoms with Crippen LogP contribution in [-0.2, 0) is 0 Å². The van der Waals surface area contributed by atoms with E-state index >= 15 is 0 Å². The number of anilines is 6. The average Bonchev–Trinajstić information content (AvgIpc) is 1.38. The number of hydrogen-bond acceptors (Lipinski definition) is 2. The molecule has 0 saturated carbocycles. The van der Waals surface area contributed by atoms with Crippen molar-refractivity contribution in [3.05, 3.63) is 352 Å². The van der Waals surface area contributed by atoms with Crippen molar-refractivity contribution in [1.29, 1.82) is 0 Å². The van der Waals surface area contributed by atoms with E-state index < -0.39 is 0 Å². The highest BCUT2D eigenvalue weighted by Gasteiger charge is 2.28. The molecule has 0 aliphatic carbocycles. The number of rotatable bonds is 12. The van der Waals surface area contributed by atoms with Crippen molar-refractivity contribution in [2.75, 3.05) is 9.80 Å². The number of nitrogens with zero attached hydrogens (tertiary/aromatic N) is 4. The van der Waals surface area contributed by atoms with Crippen LogP contribution in [0.5, 0.6) is 0 Å². The van der Waals surface area contributed by atoms with Crippen LogP contribution in [-0.4, -0.2) is 9.13 Å². The van der Waals surface area contributed by atoms with E-state index in [-0.39, 0.29) is 0 Å². The molecule has 18 rings (SSSR count). The molecule has 0 amide bonds. The first-order chi connectivity index (χ1) is 45.7. The highest BCUT2D eigenvalue weighted by molar-refractivity contribution is 6.28. The van der Waals surface area contributed by atoms with Crippen molar-refractivity contribution in [1.82, 2.24) is 9.13 Å². The predicted octanol–water partition coefficient (Wildman–Crippen LogP) is 24.4. The van der Waals surface area contributed by atoms with Gasteiger partial charge in [-0.1, -0.05) is 267 Å². The third-order valence-corrected chi connectivity index (χ3v) is 18.8. The Hall–Kier alpha value is -12.2. The largest absolute Gasteiger partial charge is 0.310 e. The van der Waals surface area contributed by atoms with Crippen LogP contribution in [0, 0.1) is 0 Å². The summed E-state index contributed by atoms with van der Waals surface area (Å²) < 4.78 is 4.95. The standard InChI is InChI=1S/C88H58N4/c1-7-25-61(26-8-1)85-77-51-47-73(57-81(77)91(69-35-15-5-16-36-69)87(85)65-29-11-3-12-30-65)89(71-45-39-59-23-19-21-33-67(59)55-71)79-53-43-63-42-50-76-80(54-44-64-41-49-75(79)83(63)84(64)76)90(72-46-40-60-24-20-22-34-68(60)56-72)74-48-52-78-82(58-74)92(70-37-17-6-18-38-70)88(66-31-13-4-14-32-66)86(78)62-27-9-2-10-28-62/h1-58H. The Morgan fingerprint density at radius 1 is 0.207 bits per heavy atom. The molecule has 0 N–H and O–H groups in total. The molecule has 16 aromatic carbocycles. The highest BCUT2D eigenvalue weighted by atomic mass is 15.2. The lowest BCUT2D eigenvalue weighted by atomic mass is 9.91. The van der Waals surface area contributed by atoms with Gasteiger partial charge in [0, 0.05) is 66.8 Å². The van der Waals surface area contributed by atoms with Crippen molar-refractivity contribution < 1.29 is 0 Å². The second-order valence-electron chi connectivity index (χ2n) is 24.0. The van der Waals surface area contributed by atoms with Gasteiger partial charge in [0.1, 0.15) is 0 Å². The molecule has 2 heterocycles. The van der Waals surface area contributed by atoms with Gasteiger partial charge in [-0.05, 0) is 150 Å². The van der Waals surface area contributed by atoms with Crippen molar-refractivity contribution in [3.8, 4) is 56.1 Å². The molecule has 0 aliphatic heterocycles. The monoisotopic (exact) mass is 1170 g/mol. The van der Waals surface area contributed by atoms with E-state index in [0.717, 1.165) is 79.0 Å². The predicted molar refractivity (Wildman–Crippen MR) is 390 cm³/mol. The summed E-state index contributed by atoms with van der Waals surface area (Å²) in [5.74, 6) is 0.